The largest absolute Gasteiger partial charge is 0.476 e. The van der Waals surface area contributed by atoms with Gasteiger partial charge in [-0.2, -0.15) is 0 Å². The summed E-state index contributed by atoms with van der Waals surface area (Å²) < 4.78 is 1.74. The lowest BCUT2D eigenvalue weighted by molar-refractivity contribution is 0.0688. The number of benzene rings is 1. The van der Waals surface area contributed by atoms with Crippen LogP contribution in [0.1, 0.15) is 40.5 Å². The Labute approximate surface area is 122 Å². The van der Waals surface area contributed by atoms with Crippen LogP contribution in [0, 0.1) is 0 Å². The zero-order chi connectivity index (χ0) is 14.7. The van der Waals surface area contributed by atoms with Crippen molar-refractivity contribution in [3.05, 3.63) is 47.3 Å². The van der Waals surface area contributed by atoms with Crippen LogP contribution in [0.3, 0.4) is 0 Å². The summed E-state index contributed by atoms with van der Waals surface area (Å²) >= 11 is 0. The molecular weight excluding hydrogens is 268 g/mol. The lowest BCUT2D eigenvalue weighted by Crippen LogP contribution is -2.28. The van der Waals surface area contributed by atoms with Crippen LogP contribution in [0.2, 0.25) is 0 Å². The molecule has 2 heterocycles. The molecule has 0 radical (unpaired) electrons. The second-order valence-corrected chi connectivity index (χ2v) is 5.30. The Kier molecular flexibility index (Phi) is 3.96. The molecule has 0 atom stereocenters. The maximum atomic E-state index is 11.4. The predicted molar refractivity (Wildman–Crippen MR) is 77.4 cm³/mol. The van der Waals surface area contributed by atoms with E-state index in [9.17, 15) is 9.90 Å². The van der Waals surface area contributed by atoms with E-state index in [1.807, 2.05) is 30.3 Å². The molecule has 2 N–H and O–H groups in total. The normalized spacial score (nSPS) is 16.0. The van der Waals surface area contributed by atoms with Crippen molar-refractivity contribution in [1.29, 1.82) is 0 Å². The summed E-state index contributed by atoms with van der Waals surface area (Å²) in [5, 5.41) is 20.6. The van der Waals surface area contributed by atoms with Gasteiger partial charge in [0.2, 0.25) is 0 Å². The minimum absolute atomic E-state index is 0.0952. The van der Waals surface area contributed by atoms with Crippen LogP contribution in [0.25, 0.3) is 0 Å². The summed E-state index contributed by atoms with van der Waals surface area (Å²) in [4.78, 5) is 11.4. The Balaban J connectivity index is 1.94. The minimum Gasteiger partial charge on any atom is -0.476 e. The topological polar surface area (TPSA) is 80.0 Å². The van der Waals surface area contributed by atoms with Gasteiger partial charge >= 0.3 is 5.97 Å². The molecule has 0 amide bonds. The van der Waals surface area contributed by atoms with E-state index in [0.717, 1.165) is 37.2 Å². The maximum absolute atomic E-state index is 11.4. The Hall–Kier alpha value is -2.21. The van der Waals surface area contributed by atoms with Crippen molar-refractivity contribution < 1.29 is 9.90 Å². The third-order valence-electron chi connectivity index (χ3n) is 3.88. The van der Waals surface area contributed by atoms with Gasteiger partial charge in [-0.3, -0.25) is 0 Å². The zero-order valence-corrected chi connectivity index (χ0v) is 11.7. The van der Waals surface area contributed by atoms with E-state index in [-0.39, 0.29) is 11.6 Å². The Morgan fingerprint density at radius 1 is 1.29 bits per heavy atom. The van der Waals surface area contributed by atoms with Crippen molar-refractivity contribution in [2.45, 2.75) is 25.3 Å². The van der Waals surface area contributed by atoms with Gasteiger partial charge < -0.3 is 10.4 Å². The number of nitrogens with one attached hydrogen (secondary N) is 1. The number of nitrogens with zero attached hydrogens (tertiary/aromatic N) is 3. The number of rotatable bonds is 4. The highest BCUT2D eigenvalue weighted by Gasteiger charge is 2.27. The fourth-order valence-corrected chi connectivity index (χ4v) is 2.85. The molecule has 0 spiro atoms. The van der Waals surface area contributed by atoms with Crippen molar-refractivity contribution in [2.75, 3.05) is 13.1 Å². The summed E-state index contributed by atoms with van der Waals surface area (Å²) in [5.74, 6) is -0.793. The number of carboxylic acid groups (broad SMARTS) is 1. The van der Waals surface area contributed by atoms with Gasteiger partial charge in [-0.25, -0.2) is 9.48 Å². The van der Waals surface area contributed by atoms with Gasteiger partial charge in [0, 0.05) is 5.92 Å². The van der Waals surface area contributed by atoms with Gasteiger partial charge in [0.25, 0.3) is 0 Å². The molecule has 6 heteroatoms. The monoisotopic (exact) mass is 286 g/mol. The quantitative estimate of drug-likeness (QED) is 0.890. The van der Waals surface area contributed by atoms with Crippen LogP contribution in [-0.2, 0) is 6.54 Å². The standard InChI is InChI=1S/C15H18N4O2/c20-15(21)13-14(12-6-8-16-9-7-12)19(18-17-13)10-11-4-2-1-3-5-11/h1-5,12,16H,6-10H2,(H,20,21). The van der Waals surface area contributed by atoms with Gasteiger partial charge in [-0.05, 0) is 31.5 Å². The van der Waals surface area contributed by atoms with E-state index in [2.05, 4.69) is 15.6 Å². The lowest BCUT2D eigenvalue weighted by atomic mass is 9.93. The molecule has 0 aliphatic carbocycles. The molecule has 1 fully saturated rings. The second kappa shape index (κ2) is 6.05. The van der Waals surface area contributed by atoms with Crippen LogP contribution in [0.4, 0.5) is 0 Å². The molecule has 21 heavy (non-hydrogen) atoms. The lowest BCUT2D eigenvalue weighted by Gasteiger charge is -2.23. The third-order valence-corrected chi connectivity index (χ3v) is 3.88. The first-order valence-electron chi connectivity index (χ1n) is 7.17. The average molecular weight is 286 g/mol. The number of hydrogen-bond donors (Lipinski definition) is 2. The number of aromatic nitrogens is 3. The summed E-state index contributed by atoms with van der Waals surface area (Å²) in [6, 6.07) is 9.91. The van der Waals surface area contributed by atoms with E-state index in [1.165, 1.54) is 0 Å². The van der Waals surface area contributed by atoms with E-state index < -0.39 is 5.97 Å². The van der Waals surface area contributed by atoms with Crippen LogP contribution < -0.4 is 5.32 Å². The molecule has 3 rings (SSSR count). The molecule has 6 nitrogen and oxygen atoms in total. The van der Waals surface area contributed by atoms with Crippen LogP contribution in [-0.4, -0.2) is 39.2 Å². The molecule has 0 saturated carbocycles. The Bertz CT molecular complexity index is 618. The van der Waals surface area contributed by atoms with Crippen LogP contribution >= 0.6 is 0 Å². The third kappa shape index (κ3) is 2.95. The minimum atomic E-state index is -0.997. The number of piperidine rings is 1. The van der Waals surface area contributed by atoms with Crippen LogP contribution in [0.15, 0.2) is 30.3 Å². The van der Waals surface area contributed by atoms with Crippen LogP contribution in [0.5, 0.6) is 0 Å². The number of carboxylic acids is 1. The molecule has 0 bridgehead atoms. The van der Waals surface area contributed by atoms with E-state index in [4.69, 9.17) is 0 Å². The maximum Gasteiger partial charge on any atom is 0.358 e. The van der Waals surface area contributed by atoms with Gasteiger partial charge in [-0.15, -0.1) is 5.10 Å². The van der Waals surface area contributed by atoms with E-state index in [0.29, 0.717) is 6.54 Å². The molecule has 1 aliphatic heterocycles. The van der Waals surface area contributed by atoms with Crippen molar-refractivity contribution in [1.82, 2.24) is 20.3 Å². The highest BCUT2D eigenvalue weighted by atomic mass is 16.4. The molecular formula is C15H18N4O2. The molecule has 1 aromatic heterocycles. The van der Waals surface area contributed by atoms with Crippen molar-refractivity contribution >= 4 is 5.97 Å². The molecule has 1 saturated heterocycles. The molecule has 2 aromatic rings. The summed E-state index contributed by atoms with van der Waals surface area (Å²) in [6.45, 7) is 2.36. The second-order valence-electron chi connectivity index (χ2n) is 5.30. The summed E-state index contributed by atoms with van der Waals surface area (Å²) in [6.07, 6.45) is 1.84. The van der Waals surface area contributed by atoms with E-state index in [1.54, 1.807) is 4.68 Å². The highest BCUT2D eigenvalue weighted by Crippen LogP contribution is 2.27. The van der Waals surface area contributed by atoms with Gasteiger partial charge in [0.15, 0.2) is 5.69 Å². The highest BCUT2D eigenvalue weighted by molar-refractivity contribution is 5.86. The van der Waals surface area contributed by atoms with E-state index >= 15 is 0 Å². The average Bonchev–Trinajstić information content (AvgIpc) is 2.93. The Morgan fingerprint density at radius 2 is 2.00 bits per heavy atom. The fourth-order valence-electron chi connectivity index (χ4n) is 2.85. The first kappa shape index (κ1) is 13.8. The molecule has 0 unspecified atom stereocenters. The molecule has 1 aliphatic rings. The van der Waals surface area contributed by atoms with Gasteiger partial charge in [0.05, 0.1) is 12.2 Å². The van der Waals surface area contributed by atoms with Crippen molar-refractivity contribution in [2.24, 2.45) is 0 Å². The fraction of sp³-hybridized carbons (Fsp3) is 0.400. The number of aromatic carboxylic acids is 1. The van der Waals surface area contributed by atoms with Gasteiger partial charge in [-0.1, -0.05) is 35.5 Å². The van der Waals surface area contributed by atoms with Crippen molar-refractivity contribution in [3.8, 4) is 0 Å². The predicted octanol–water partition coefficient (Wildman–Crippen LogP) is 1.49. The first-order valence-corrected chi connectivity index (χ1v) is 7.17. The number of carbonyl (C=O) groups is 1. The van der Waals surface area contributed by atoms with Crippen molar-refractivity contribution in [3.63, 3.8) is 0 Å². The summed E-state index contributed by atoms with van der Waals surface area (Å²) in [5.41, 5.74) is 1.94. The SMILES string of the molecule is O=C(O)c1nnn(Cc2ccccc2)c1C1CCNCC1. The summed E-state index contributed by atoms with van der Waals surface area (Å²) in [7, 11) is 0. The smallest absolute Gasteiger partial charge is 0.358 e. The molecule has 1 aromatic carbocycles. The van der Waals surface area contributed by atoms with Gasteiger partial charge in [0.1, 0.15) is 0 Å². The Morgan fingerprint density at radius 3 is 2.67 bits per heavy atom. The number of hydrogen-bond acceptors (Lipinski definition) is 4. The first-order chi connectivity index (χ1) is 10.3. The molecule has 110 valence electrons. The zero-order valence-electron chi connectivity index (χ0n) is 11.7.